The standard InChI is InChI=1S/C10H12BrCl2NO3S/c1-6(5-18(14,15)16)4-17-10-3-8(12)7(11)2-9(10)13/h2-3,6H,4-5H2,1H3,(H2,14,15,16). The SMILES string of the molecule is CC(COc1cc(Cl)c(Br)cc1Cl)CS(N)(=O)=O. The molecule has 0 aliphatic heterocycles. The van der Waals surface area contributed by atoms with Gasteiger partial charge in [-0.3, -0.25) is 0 Å². The quantitative estimate of drug-likeness (QED) is 0.803. The highest BCUT2D eigenvalue weighted by atomic mass is 79.9. The third-order valence-electron chi connectivity index (χ3n) is 2.01. The fourth-order valence-electron chi connectivity index (χ4n) is 1.29. The topological polar surface area (TPSA) is 69.4 Å². The number of nitrogens with two attached hydrogens (primary N) is 1. The van der Waals surface area contributed by atoms with E-state index in [1.807, 2.05) is 0 Å². The van der Waals surface area contributed by atoms with Crippen LogP contribution in [-0.4, -0.2) is 20.8 Å². The Labute approximate surface area is 125 Å². The second kappa shape index (κ2) is 6.43. The van der Waals surface area contributed by atoms with Gasteiger partial charge in [0, 0.05) is 16.5 Å². The van der Waals surface area contributed by atoms with E-state index in [4.69, 9.17) is 33.1 Å². The van der Waals surface area contributed by atoms with Crippen LogP contribution in [0.15, 0.2) is 16.6 Å². The van der Waals surface area contributed by atoms with E-state index in [0.29, 0.717) is 20.3 Å². The fraction of sp³-hybridized carbons (Fsp3) is 0.400. The van der Waals surface area contributed by atoms with Gasteiger partial charge in [0.05, 0.1) is 22.4 Å². The molecule has 0 heterocycles. The number of sulfonamides is 1. The molecule has 102 valence electrons. The highest BCUT2D eigenvalue weighted by Gasteiger charge is 2.13. The molecule has 0 amide bonds. The van der Waals surface area contributed by atoms with E-state index in [1.165, 1.54) is 0 Å². The number of rotatable bonds is 5. The largest absolute Gasteiger partial charge is 0.492 e. The van der Waals surface area contributed by atoms with Crippen molar-refractivity contribution in [1.82, 2.24) is 0 Å². The second-order valence-corrected chi connectivity index (χ2v) is 7.27. The van der Waals surface area contributed by atoms with Crippen LogP contribution in [0.3, 0.4) is 0 Å². The van der Waals surface area contributed by atoms with Gasteiger partial charge < -0.3 is 4.74 Å². The number of halogens is 3. The third-order valence-corrected chi connectivity index (χ3v) is 4.54. The van der Waals surface area contributed by atoms with Crippen LogP contribution in [0.1, 0.15) is 6.92 Å². The molecule has 0 aromatic heterocycles. The molecule has 2 N–H and O–H groups in total. The maximum absolute atomic E-state index is 10.9. The zero-order valence-corrected chi connectivity index (χ0v) is 13.4. The van der Waals surface area contributed by atoms with Crippen molar-refractivity contribution in [2.24, 2.45) is 11.1 Å². The third kappa shape index (κ3) is 5.32. The van der Waals surface area contributed by atoms with Crippen molar-refractivity contribution in [3.8, 4) is 5.75 Å². The molecule has 1 aromatic rings. The van der Waals surface area contributed by atoms with Crippen molar-refractivity contribution in [2.45, 2.75) is 6.92 Å². The molecule has 0 saturated carbocycles. The lowest BCUT2D eigenvalue weighted by Crippen LogP contribution is -2.25. The van der Waals surface area contributed by atoms with Crippen molar-refractivity contribution in [3.63, 3.8) is 0 Å². The molecular formula is C10H12BrCl2NO3S. The van der Waals surface area contributed by atoms with Gasteiger partial charge in [-0.05, 0) is 22.0 Å². The maximum Gasteiger partial charge on any atom is 0.209 e. The van der Waals surface area contributed by atoms with Crippen LogP contribution < -0.4 is 9.88 Å². The van der Waals surface area contributed by atoms with Crippen LogP contribution in [0, 0.1) is 5.92 Å². The zero-order valence-electron chi connectivity index (χ0n) is 9.49. The Hall–Kier alpha value is -0.0100. The normalized spacial score (nSPS) is 13.4. The van der Waals surface area contributed by atoms with Crippen LogP contribution in [0.2, 0.25) is 10.0 Å². The van der Waals surface area contributed by atoms with Gasteiger partial charge in [-0.15, -0.1) is 0 Å². The molecule has 1 rings (SSSR count). The summed E-state index contributed by atoms with van der Waals surface area (Å²) in [5.74, 6) is 0.0270. The maximum atomic E-state index is 10.9. The summed E-state index contributed by atoms with van der Waals surface area (Å²) < 4.78 is 27.9. The molecule has 1 atom stereocenters. The summed E-state index contributed by atoms with van der Waals surface area (Å²) in [5.41, 5.74) is 0. The van der Waals surface area contributed by atoms with E-state index >= 15 is 0 Å². The summed E-state index contributed by atoms with van der Waals surface area (Å²) in [6.45, 7) is 1.91. The van der Waals surface area contributed by atoms with Gasteiger partial charge >= 0.3 is 0 Å². The van der Waals surface area contributed by atoms with Gasteiger partial charge in [-0.1, -0.05) is 30.1 Å². The Morgan fingerprint density at radius 2 is 2.00 bits per heavy atom. The second-order valence-electron chi connectivity index (χ2n) is 3.94. The van der Waals surface area contributed by atoms with Crippen molar-refractivity contribution < 1.29 is 13.2 Å². The van der Waals surface area contributed by atoms with E-state index in [-0.39, 0.29) is 18.3 Å². The number of benzene rings is 1. The molecule has 8 heteroatoms. The Bertz CT molecular complexity index is 536. The molecule has 1 aromatic carbocycles. The molecule has 0 radical (unpaired) electrons. The molecule has 1 unspecified atom stereocenters. The summed E-state index contributed by atoms with van der Waals surface area (Å²) in [6, 6.07) is 3.18. The minimum Gasteiger partial charge on any atom is -0.492 e. The van der Waals surface area contributed by atoms with Gasteiger partial charge in [-0.25, -0.2) is 13.6 Å². The molecular weight excluding hydrogens is 365 g/mol. The number of hydrogen-bond acceptors (Lipinski definition) is 3. The molecule has 0 saturated heterocycles. The highest BCUT2D eigenvalue weighted by molar-refractivity contribution is 9.10. The number of hydrogen-bond donors (Lipinski definition) is 1. The predicted molar refractivity (Wildman–Crippen MR) is 76.8 cm³/mol. The first-order chi connectivity index (χ1) is 8.19. The molecule has 0 fully saturated rings. The number of primary sulfonamides is 1. The van der Waals surface area contributed by atoms with Crippen LogP contribution >= 0.6 is 39.1 Å². The Kier molecular flexibility index (Phi) is 5.73. The molecule has 0 spiro atoms. The monoisotopic (exact) mass is 375 g/mol. The Morgan fingerprint density at radius 1 is 1.39 bits per heavy atom. The molecule has 4 nitrogen and oxygen atoms in total. The van der Waals surface area contributed by atoms with Crippen LogP contribution in [0.25, 0.3) is 0 Å². The number of ether oxygens (including phenoxy) is 1. The van der Waals surface area contributed by atoms with Gasteiger partial charge in [0.25, 0.3) is 0 Å². The highest BCUT2D eigenvalue weighted by Crippen LogP contribution is 2.34. The van der Waals surface area contributed by atoms with Crippen molar-refractivity contribution in [2.75, 3.05) is 12.4 Å². The lowest BCUT2D eigenvalue weighted by molar-refractivity contribution is 0.272. The van der Waals surface area contributed by atoms with E-state index in [0.717, 1.165) is 0 Å². The van der Waals surface area contributed by atoms with Crippen molar-refractivity contribution >= 4 is 49.2 Å². The van der Waals surface area contributed by atoms with Gasteiger partial charge in [0.2, 0.25) is 10.0 Å². The van der Waals surface area contributed by atoms with E-state index < -0.39 is 10.0 Å². The zero-order chi connectivity index (χ0) is 13.9. The first-order valence-electron chi connectivity index (χ1n) is 4.97. The van der Waals surface area contributed by atoms with Crippen LogP contribution in [0.5, 0.6) is 5.75 Å². The Balaban J connectivity index is 2.67. The van der Waals surface area contributed by atoms with Gasteiger partial charge in [-0.2, -0.15) is 0 Å². The lowest BCUT2D eigenvalue weighted by atomic mass is 10.2. The van der Waals surface area contributed by atoms with E-state index in [2.05, 4.69) is 15.9 Å². The van der Waals surface area contributed by atoms with Crippen molar-refractivity contribution in [3.05, 3.63) is 26.7 Å². The minimum absolute atomic E-state index is 0.144. The van der Waals surface area contributed by atoms with Crippen molar-refractivity contribution in [1.29, 1.82) is 0 Å². The van der Waals surface area contributed by atoms with E-state index in [9.17, 15) is 8.42 Å². The van der Waals surface area contributed by atoms with Gasteiger partial charge in [0.15, 0.2) is 0 Å². The summed E-state index contributed by atoms with van der Waals surface area (Å²) in [7, 11) is -3.50. The van der Waals surface area contributed by atoms with Crippen LogP contribution in [0.4, 0.5) is 0 Å². The average molecular weight is 377 g/mol. The average Bonchev–Trinajstić information content (AvgIpc) is 2.19. The Morgan fingerprint density at radius 3 is 2.56 bits per heavy atom. The molecule has 0 aliphatic rings. The molecule has 18 heavy (non-hydrogen) atoms. The first kappa shape index (κ1) is 16.0. The fourth-order valence-corrected chi connectivity index (χ4v) is 3.03. The lowest BCUT2D eigenvalue weighted by Gasteiger charge is -2.13. The van der Waals surface area contributed by atoms with Gasteiger partial charge in [0.1, 0.15) is 5.75 Å². The summed E-state index contributed by atoms with van der Waals surface area (Å²) >= 11 is 15.1. The summed E-state index contributed by atoms with van der Waals surface area (Å²) in [4.78, 5) is 0. The minimum atomic E-state index is -3.50. The predicted octanol–water partition coefficient (Wildman–Crippen LogP) is 3.06. The van der Waals surface area contributed by atoms with Crippen LogP contribution in [-0.2, 0) is 10.0 Å². The first-order valence-corrected chi connectivity index (χ1v) is 8.23. The smallest absolute Gasteiger partial charge is 0.209 e. The summed E-state index contributed by atoms with van der Waals surface area (Å²) in [6.07, 6.45) is 0. The van der Waals surface area contributed by atoms with E-state index in [1.54, 1.807) is 19.1 Å². The molecule has 0 bridgehead atoms. The summed E-state index contributed by atoms with van der Waals surface area (Å²) in [5, 5.41) is 5.81. The molecule has 0 aliphatic carbocycles.